The minimum atomic E-state index is -0.0755. The van der Waals surface area contributed by atoms with Crippen molar-refractivity contribution in [3.8, 4) is 0 Å². The number of allylic oxidation sites excluding steroid dienone is 1. The monoisotopic (exact) mass is 431 g/mol. The van der Waals surface area contributed by atoms with E-state index in [1.807, 2.05) is 10.3 Å². The Morgan fingerprint density at radius 3 is 3.00 bits per heavy atom. The number of hydrogen-bond acceptors (Lipinski definition) is 6. The highest BCUT2D eigenvalue weighted by atomic mass is 32.2. The normalized spacial score (nSPS) is 16.3. The predicted molar refractivity (Wildman–Crippen MR) is 118 cm³/mol. The lowest BCUT2D eigenvalue weighted by molar-refractivity contribution is -0.131. The van der Waals surface area contributed by atoms with Crippen molar-refractivity contribution in [1.82, 2.24) is 14.5 Å². The van der Waals surface area contributed by atoms with E-state index in [4.69, 9.17) is 0 Å². The second kappa shape index (κ2) is 8.23. The zero-order valence-electron chi connectivity index (χ0n) is 15.6. The number of carbonyl (C=O) groups excluding carboxylic acids is 1. The van der Waals surface area contributed by atoms with Crippen molar-refractivity contribution in [2.24, 2.45) is 0 Å². The number of hydrogen-bond donors (Lipinski definition) is 0. The summed E-state index contributed by atoms with van der Waals surface area (Å²) in [4.78, 5) is 34.5. The molecule has 1 amide bonds. The maximum absolute atomic E-state index is 13.0. The Morgan fingerprint density at radius 2 is 2.21 bits per heavy atom. The maximum Gasteiger partial charge on any atom is 0.263 e. The van der Waals surface area contributed by atoms with Crippen LogP contribution in [0.3, 0.4) is 0 Å². The van der Waals surface area contributed by atoms with Gasteiger partial charge in [0.2, 0.25) is 5.91 Å². The fraction of sp³-hybridized carbons (Fsp3) is 0.350. The van der Waals surface area contributed by atoms with E-state index < -0.39 is 0 Å². The fourth-order valence-corrected chi connectivity index (χ4v) is 6.30. The molecule has 3 aromatic rings. The first-order valence-electron chi connectivity index (χ1n) is 9.21. The molecule has 0 aromatic carbocycles. The molecule has 0 bridgehead atoms. The molecule has 0 saturated heterocycles. The highest BCUT2D eigenvalue weighted by Crippen LogP contribution is 2.35. The number of thioether (sulfide) groups is 1. The third-order valence-corrected chi connectivity index (χ3v) is 7.75. The summed E-state index contributed by atoms with van der Waals surface area (Å²) in [5.41, 5.74) is 1.22. The van der Waals surface area contributed by atoms with Gasteiger partial charge in [-0.15, -0.1) is 29.3 Å². The summed E-state index contributed by atoms with van der Waals surface area (Å²) in [7, 11) is 0. The van der Waals surface area contributed by atoms with Gasteiger partial charge in [-0.2, -0.15) is 0 Å². The predicted octanol–water partition coefficient (Wildman–Crippen LogP) is 4.33. The van der Waals surface area contributed by atoms with E-state index >= 15 is 0 Å². The van der Waals surface area contributed by atoms with Gasteiger partial charge >= 0.3 is 0 Å². The van der Waals surface area contributed by atoms with E-state index in [0.717, 1.165) is 19.4 Å². The van der Waals surface area contributed by atoms with Crippen LogP contribution in [0.4, 0.5) is 0 Å². The van der Waals surface area contributed by atoms with Gasteiger partial charge in [-0.3, -0.25) is 14.2 Å². The number of carbonyl (C=O) groups is 1. The molecule has 28 heavy (non-hydrogen) atoms. The SMILES string of the molecule is C=CCn1c(SCC(=O)N2CCc3sccc3C2CC)nc2sccc2c1=O. The van der Waals surface area contributed by atoms with Crippen molar-refractivity contribution < 1.29 is 4.79 Å². The van der Waals surface area contributed by atoms with Crippen molar-refractivity contribution in [2.45, 2.75) is 37.5 Å². The number of thiophene rings is 2. The largest absolute Gasteiger partial charge is 0.335 e. The van der Waals surface area contributed by atoms with E-state index in [1.54, 1.807) is 28.0 Å². The summed E-state index contributed by atoms with van der Waals surface area (Å²) < 4.78 is 1.60. The average Bonchev–Trinajstić information content (AvgIpc) is 3.36. The van der Waals surface area contributed by atoms with Gasteiger partial charge in [0, 0.05) is 18.0 Å². The lowest BCUT2D eigenvalue weighted by Crippen LogP contribution is -2.40. The Labute approximate surface area is 175 Å². The topological polar surface area (TPSA) is 55.2 Å². The van der Waals surface area contributed by atoms with Gasteiger partial charge in [0.1, 0.15) is 4.83 Å². The number of rotatable bonds is 6. The molecule has 4 rings (SSSR count). The van der Waals surface area contributed by atoms with Crippen molar-refractivity contribution in [2.75, 3.05) is 12.3 Å². The van der Waals surface area contributed by atoms with Gasteiger partial charge in [0.05, 0.1) is 17.2 Å². The molecule has 0 aliphatic carbocycles. The average molecular weight is 432 g/mol. The summed E-state index contributed by atoms with van der Waals surface area (Å²) in [6.45, 7) is 7.00. The van der Waals surface area contributed by atoms with Crippen molar-refractivity contribution in [3.63, 3.8) is 0 Å². The zero-order valence-corrected chi connectivity index (χ0v) is 18.0. The summed E-state index contributed by atoms with van der Waals surface area (Å²) in [6, 6.07) is 4.09. The van der Waals surface area contributed by atoms with Gasteiger partial charge in [-0.25, -0.2) is 4.98 Å². The molecule has 8 heteroatoms. The zero-order chi connectivity index (χ0) is 19.7. The molecule has 3 aromatic heterocycles. The highest BCUT2D eigenvalue weighted by Gasteiger charge is 2.30. The van der Waals surface area contributed by atoms with Crippen LogP contribution in [-0.4, -0.2) is 32.7 Å². The van der Waals surface area contributed by atoms with Crippen LogP contribution in [0.5, 0.6) is 0 Å². The third-order valence-electron chi connectivity index (χ3n) is 4.99. The van der Waals surface area contributed by atoms with Crippen LogP contribution in [0.2, 0.25) is 0 Å². The van der Waals surface area contributed by atoms with E-state index in [0.29, 0.717) is 21.9 Å². The number of amides is 1. The molecule has 0 N–H and O–H groups in total. The summed E-state index contributed by atoms with van der Waals surface area (Å²) >= 11 is 4.56. The Hall–Kier alpha value is -1.90. The van der Waals surface area contributed by atoms with Crippen LogP contribution in [-0.2, 0) is 17.8 Å². The molecule has 4 heterocycles. The van der Waals surface area contributed by atoms with E-state index in [1.165, 1.54) is 33.5 Å². The Balaban J connectivity index is 1.56. The van der Waals surface area contributed by atoms with E-state index in [2.05, 4.69) is 29.9 Å². The van der Waals surface area contributed by atoms with E-state index in [-0.39, 0.29) is 23.3 Å². The van der Waals surface area contributed by atoms with Crippen LogP contribution in [0.1, 0.15) is 29.8 Å². The molecule has 0 saturated carbocycles. The summed E-state index contributed by atoms with van der Waals surface area (Å²) in [5.74, 6) is 0.371. The second-order valence-corrected chi connectivity index (χ2v) is 9.42. The van der Waals surface area contributed by atoms with Crippen LogP contribution in [0.15, 0.2) is 45.5 Å². The smallest absolute Gasteiger partial charge is 0.263 e. The quantitative estimate of drug-likeness (QED) is 0.331. The van der Waals surface area contributed by atoms with Crippen LogP contribution in [0, 0.1) is 0 Å². The van der Waals surface area contributed by atoms with Gasteiger partial charge in [0.15, 0.2) is 5.16 Å². The Kier molecular flexibility index (Phi) is 5.70. The van der Waals surface area contributed by atoms with Crippen molar-refractivity contribution in [1.29, 1.82) is 0 Å². The Morgan fingerprint density at radius 1 is 1.39 bits per heavy atom. The lowest BCUT2D eigenvalue weighted by atomic mass is 9.98. The van der Waals surface area contributed by atoms with Gasteiger partial charge < -0.3 is 4.90 Å². The molecule has 146 valence electrons. The maximum atomic E-state index is 13.0. The molecular weight excluding hydrogens is 410 g/mol. The minimum Gasteiger partial charge on any atom is -0.335 e. The van der Waals surface area contributed by atoms with Crippen LogP contribution < -0.4 is 5.56 Å². The van der Waals surface area contributed by atoms with Gasteiger partial charge in [-0.05, 0) is 41.3 Å². The lowest BCUT2D eigenvalue weighted by Gasteiger charge is -2.35. The van der Waals surface area contributed by atoms with Crippen LogP contribution >= 0.6 is 34.4 Å². The van der Waals surface area contributed by atoms with Crippen molar-refractivity contribution in [3.05, 3.63) is 56.3 Å². The highest BCUT2D eigenvalue weighted by molar-refractivity contribution is 7.99. The summed E-state index contributed by atoms with van der Waals surface area (Å²) in [5, 5.41) is 5.18. The van der Waals surface area contributed by atoms with Gasteiger partial charge in [0.25, 0.3) is 5.56 Å². The number of nitrogens with zero attached hydrogens (tertiary/aromatic N) is 3. The molecule has 5 nitrogen and oxygen atoms in total. The Bertz CT molecular complexity index is 1080. The van der Waals surface area contributed by atoms with Crippen LogP contribution in [0.25, 0.3) is 10.2 Å². The summed E-state index contributed by atoms with van der Waals surface area (Å²) in [6.07, 6.45) is 3.50. The molecule has 1 aliphatic rings. The second-order valence-electron chi connectivity index (χ2n) is 6.59. The number of aromatic nitrogens is 2. The molecule has 1 aliphatic heterocycles. The standard InChI is InChI=1S/C20H21N3O2S3/c1-3-8-23-19(25)14-7-11-27-18(14)21-20(23)28-12-17(24)22-9-5-16-13(6-10-26-16)15(22)4-2/h3,6-7,10-11,15H,1,4-5,8-9,12H2,2H3. The third kappa shape index (κ3) is 3.44. The molecule has 0 radical (unpaired) electrons. The van der Waals surface area contributed by atoms with E-state index in [9.17, 15) is 9.59 Å². The minimum absolute atomic E-state index is 0.0755. The molecule has 1 atom stereocenters. The first-order chi connectivity index (χ1) is 13.6. The molecule has 1 unspecified atom stereocenters. The number of fused-ring (bicyclic) bond motifs is 2. The first kappa shape index (κ1) is 19.4. The van der Waals surface area contributed by atoms with Crippen molar-refractivity contribution >= 4 is 50.6 Å². The fourth-order valence-electron chi connectivity index (χ4n) is 3.67. The van der Waals surface area contributed by atoms with Gasteiger partial charge in [-0.1, -0.05) is 24.8 Å². The molecule has 0 spiro atoms. The molecular formula is C20H21N3O2S3. The molecule has 0 fully saturated rings. The first-order valence-corrected chi connectivity index (χ1v) is 12.0.